The van der Waals surface area contributed by atoms with Crippen LogP contribution in [0, 0.1) is 6.92 Å². The summed E-state index contributed by atoms with van der Waals surface area (Å²) < 4.78 is 0. The normalized spacial score (nSPS) is 10.4. The first-order chi connectivity index (χ1) is 11.1. The van der Waals surface area contributed by atoms with Crippen molar-refractivity contribution in [3.8, 4) is 0 Å². The minimum atomic E-state index is 0.393. The fraction of sp³-hybridized carbons (Fsp3) is 0.0625. The van der Waals surface area contributed by atoms with Gasteiger partial charge in [0.1, 0.15) is 0 Å². The third kappa shape index (κ3) is 4.09. The molecule has 1 heterocycles. The Labute approximate surface area is 143 Å². The molecule has 0 radical (unpaired) electrons. The molecule has 3 rings (SSSR count). The quantitative estimate of drug-likeness (QED) is 0.698. The first kappa shape index (κ1) is 15.5. The van der Waals surface area contributed by atoms with Crippen LogP contribution in [-0.4, -0.2) is 15.2 Å². The largest absolute Gasteiger partial charge is 0.338 e. The number of hydrogen-bond acceptors (Lipinski definition) is 5. The summed E-state index contributed by atoms with van der Waals surface area (Å²) in [5.74, 6) is 0.919. The number of nitrogens with one attached hydrogen (secondary N) is 2. The molecule has 116 valence electrons. The standard InChI is InChI=1S/C16H13Cl2N5/c1-10-2-5-12(6-3-10)20-16-22-15(9-19-23-16)21-14-7-4-11(17)8-13(14)18/h2-9H,1H3,(H2,20,21,22,23). The Morgan fingerprint density at radius 3 is 2.48 bits per heavy atom. The highest BCUT2D eigenvalue weighted by atomic mass is 35.5. The topological polar surface area (TPSA) is 62.7 Å². The zero-order valence-electron chi connectivity index (χ0n) is 12.2. The molecule has 23 heavy (non-hydrogen) atoms. The molecule has 0 saturated carbocycles. The van der Waals surface area contributed by atoms with E-state index >= 15 is 0 Å². The van der Waals surface area contributed by atoms with Gasteiger partial charge >= 0.3 is 0 Å². The van der Waals surface area contributed by atoms with Gasteiger partial charge in [-0.2, -0.15) is 10.1 Å². The molecule has 2 aromatic carbocycles. The Hall–Kier alpha value is -2.37. The fourth-order valence-electron chi connectivity index (χ4n) is 1.91. The summed E-state index contributed by atoms with van der Waals surface area (Å²) in [6.07, 6.45) is 1.52. The van der Waals surface area contributed by atoms with Crippen molar-refractivity contribution in [3.05, 3.63) is 64.3 Å². The number of aromatic nitrogens is 3. The van der Waals surface area contributed by atoms with Crippen molar-refractivity contribution < 1.29 is 0 Å². The van der Waals surface area contributed by atoms with E-state index in [0.29, 0.717) is 27.5 Å². The van der Waals surface area contributed by atoms with Crippen molar-refractivity contribution in [3.63, 3.8) is 0 Å². The lowest BCUT2D eigenvalue weighted by atomic mass is 10.2. The van der Waals surface area contributed by atoms with Gasteiger partial charge in [0.2, 0.25) is 5.95 Å². The van der Waals surface area contributed by atoms with Crippen LogP contribution in [-0.2, 0) is 0 Å². The molecule has 0 spiro atoms. The van der Waals surface area contributed by atoms with E-state index in [1.165, 1.54) is 11.8 Å². The van der Waals surface area contributed by atoms with Crippen molar-refractivity contribution in [2.24, 2.45) is 0 Å². The monoisotopic (exact) mass is 345 g/mol. The Morgan fingerprint density at radius 1 is 0.957 bits per heavy atom. The molecule has 3 aromatic rings. The minimum absolute atomic E-state index is 0.393. The average Bonchev–Trinajstić information content (AvgIpc) is 2.53. The molecular formula is C16H13Cl2N5. The van der Waals surface area contributed by atoms with Crippen molar-refractivity contribution in [1.29, 1.82) is 0 Å². The lowest BCUT2D eigenvalue weighted by Crippen LogP contribution is -2.02. The molecule has 0 aliphatic carbocycles. The smallest absolute Gasteiger partial charge is 0.249 e. The molecule has 0 fully saturated rings. The second kappa shape index (κ2) is 6.81. The Kier molecular flexibility index (Phi) is 4.60. The van der Waals surface area contributed by atoms with Gasteiger partial charge in [-0.05, 0) is 37.3 Å². The molecule has 0 aliphatic rings. The lowest BCUT2D eigenvalue weighted by Gasteiger charge is -2.09. The van der Waals surface area contributed by atoms with Crippen molar-refractivity contribution in [2.45, 2.75) is 6.92 Å². The molecule has 0 unspecified atom stereocenters. The van der Waals surface area contributed by atoms with Crippen LogP contribution in [0.15, 0.2) is 48.7 Å². The van der Waals surface area contributed by atoms with Crippen LogP contribution in [0.4, 0.5) is 23.1 Å². The van der Waals surface area contributed by atoms with E-state index in [2.05, 4.69) is 25.8 Å². The summed E-state index contributed by atoms with van der Waals surface area (Å²) in [6, 6.07) is 13.1. The summed E-state index contributed by atoms with van der Waals surface area (Å²) >= 11 is 12.0. The Morgan fingerprint density at radius 2 is 1.74 bits per heavy atom. The molecule has 0 saturated heterocycles. The maximum Gasteiger partial charge on any atom is 0.249 e. The third-order valence-electron chi connectivity index (χ3n) is 3.06. The van der Waals surface area contributed by atoms with Gasteiger partial charge in [-0.3, -0.25) is 0 Å². The Bertz CT molecular complexity index is 821. The van der Waals surface area contributed by atoms with E-state index in [1.807, 2.05) is 31.2 Å². The number of benzene rings is 2. The van der Waals surface area contributed by atoms with Gasteiger partial charge in [-0.25, -0.2) is 0 Å². The first-order valence-electron chi connectivity index (χ1n) is 6.86. The lowest BCUT2D eigenvalue weighted by molar-refractivity contribution is 0.982. The van der Waals surface area contributed by atoms with Crippen LogP contribution in [0.1, 0.15) is 5.56 Å². The minimum Gasteiger partial charge on any atom is -0.338 e. The highest BCUT2D eigenvalue weighted by Gasteiger charge is 2.05. The summed E-state index contributed by atoms with van der Waals surface area (Å²) in [7, 11) is 0. The zero-order chi connectivity index (χ0) is 16.2. The summed E-state index contributed by atoms with van der Waals surface area (Å²) in [5, 5.41) is 15.2. The summed E-state index contributed by atoms with van der Waals surface area (Å²) in [6.45, 7) is 2.03. The number of nitrogens with zero attached hydrogens (tertiary/aromatic N) is 3. The fourth-order valence-corrected chi connectivity index (χ4v) is 2.37. The zero-order valence-corrected chi connectivity index (χ0v) is 13.7. The molecule has 5 nitrogen and oxygen atoms in total. The van der Waals surface area contributed by atoms with Gasteiger partial charge in [0.05, 0.1) is 16.9 Å². The van der Waals surface area contributed by atoms with Gasteiger partial charge in [0.25, 0.3) is 0 Å². The van der Waals surface area contributed by atoms with Crippen molar-refractivity contribution >= 4 is 46.3 Å². The molecule has 0 atom stereocenters. The maximum atomic E-state index is 6.14. The average molecular weight is 346 g/mol. The van der Waals surface area contributed by atoms with Crippen molar-refractivity contribution in [1.82, 2.24) is 15.2 Å². The van der Waals surface area contributed by atoms with Crippen LogP contribution >= 0.6 is 23.2 Å². The molecule has 7 heteroatoms. The van der Waals surface area contributed by atoms with Crippen LogP contribution in [0.3, 0.4) is 0 Å². The molecule has 2 N–H and O–H groups in total. The second-order valence-corrected chi connectivity index (χ2v) is 5.75. The number of halogens is 2. The molecule has 0 bridgehead atoms. The summed E-state index contributed by atoms with van der Waals surface area (Å²) in [4.78, 5) is 4.36. The number of anilines is 4. The SMILES string of the molecule is Cc1ccc(Nc2nncc(Nc3ccc(Cl)cc3Cl)n2)cc1. The van der Waals surface area contributed by atoms with E-state index in [4.69, 9.17) is 23.2 Å². The van der Waals surface area contributed by atoms with Gasteiger partial charge in [-0.1, -0.05) is 40.9 Å². The van der Waals surface area contributed by atoms with Crippen LogP contribution in [0.2, 0.25) is 10.0 Å². The molecule has 1 aromatic heterocycles. The molecule has 0 amide bonds. The summed E-state index contributed by atoms with van der Waals surface area (Å²) in [5.41, 5.74) is 2.76. The van der Waals surface area contributed by atoms with Gasteiger partial charge < -0.3 is 10.6 Å². The first-order valence-corrected chi connectivity index (χ1v) is 7.61. The second-order valence-electron chi connectivity index (χ2n) is 4.91. The van der Waals surface area contributed by atoms with Crippen LogP contribution in [0.25, 0.3) is 0 Å². The molecule has 0 aliphatic heterocycles. The van der Waals surface area contributed by atoms with E-state index in [9.17, 15) is 0 Å². The van der Waals surface area contributed by atoms with Crippen LogP contribution in [0.5, 0.6) is 0 Å². The maximum absolute atomic E-state index is 6.14. The predicted molar refractivity (Wildman–Crippen MR) is 94.0 cm³/mol. The number of hydrogen-bond donors (Lipinski definition) is 2. The third-order valence-corrected chi connectivity index (χ3v) is 3.61. The van der Waals surface area contributed by atoms with Crippen molar-refractivity contribution in [2.75, 3.05) is 10.6 Å². The van der Waals surface area contributed by atoms with Crippen LogP contribution < -0.4 is 10.6 Å². The number of aryl methyl sites for hydroxylation is 1. The van der Waals surface area contributed by atoms with E-state index in [-0.39, 0.29) is 0 Å². The van der Waals surface area contributed by atoms with E-state index in [1.54, 1.807) is 18.2 Å². The van der Waals surface area contributed by atoms with E-state index in [0.717, 1.165) is 5.69 Å². The van der Waals surface area contributed by atoms with Gasteiger partial charge in [-0.15, -0.1) is 5.10 Å². The van der Waals surface area contributed by atoms with Gasteiger partial charge in [0, 0.05) is 10.7 Å². The Balaban J connectivity index is 1.78. The predicted octanol–water partition coefficient (Wildman–Crippen LogP) is 4.97. The van der Waals surface area contributed by atoms with Gasteiger partial charge in [0.15, 0.2) is 5.82 Å². The highest BCUT2D eigenvalue weighted by Crippen LogP contribution is 2.27. The highest BCUT2D eigenvalue weighted by molar-refractivity contribution is 6.36. The number of rotatable bonds is 4. The molecular weight excluding hydrogens is 333 g/mol. The van der Waals surface area contributed by atoms with E-state index < -0.39 is 0 Å².